The molecule has 1 amide bonds. The molecule has 0 radical (unpaired) electrons. The fraction of sp³-hybridized carbons (Fsp3) is 0.615. The van der Waals surface area contributed by atoms with Crippen LogP contribution in [0, 0.1) is 18.8 Å². The highest BCUT2D eigenvalue weighted by molar-refractivity contribution is 7.11. The summed E-state index contributed by atoms with van der Waals surface area (Å²) in [5, 5.41) is 12.8. The van der Waals surface area contributed by atoms with E-state index >= 15 is 0 Å². The number of aromatic nitrogens is 1. The average Bonchev–Trinajstić information content (AvgIpc) is 2.82. The van der Waals surface area contributed by atoms with Gasteiger partial charge < -0.3 is 10.4 Å². The summed E-state index contributed by atoms with van der Waals surface area (Å²) in [6.45, 7) is 2.45. The number of rotatable bonds is 4. The summed E-state index contributed by atoms with van der Waals surface area (Å²) >= 11 is 1.58. The second-order valence-electron chi connectivity index (χ2n) is 4.95. The van der Waals surface area contributed by atoms with Crippen LogP contribution >= 0.6 is 11.3 Å². The van der Waals surface area contributed by atoms with E-state index < -0.39 is 5.97 Å². The fourth-order valence-electron chi connectivity index (χ4n) is 2.41. The Morgan fingerprint density at radius 3 is 2.53 bits per heavy atom. The van der Waals surface area contributed by atoms with Gasteiger partial charge in [0, 0.05) is 17.0 Å². The third-order valence-corrected chi connectivity index (χ3v) is 4.47. The Labute approximate surface area is 116 Å². The molecule has 2 rings (SSSR count). The van der Waals surface area contributed by atoms with Crippen molar-refractivity contribution in [2.75, 3.05) is 0 Å². The van der Waals surface area contributed by atoms with E-state index in [4.69, 9.17) is 5.11 Å². The van der Waals surface area contributed by atoms with E-state index in [1.165, 1.54) is 0 Å². The maximum Gasteiger partial charge on any atom is 0.306 e. The minimum Gasteiger partial charge on any atom is -0.481 e. The lowest BCUT2D eigenvalue weighted by Crippen LogP contribution is -2.33. The van der Waals surface area contributed by atoms with E-state index in [0.717, 1.165) is 9.88 Å². The number of carbonyl (C=O) groups is 2. The highest BCUT2D eigenvalue weighted by Gasteiger charge is 2.29. The highest BCUT2D eigenvalue weighted by atomic mass is 32.1. The second kappa shape index (κ2) is 6.14. The minimum absolute atomic E-state index is 0.0369. The number of thiazole rings is 1. The predicted octanol–water partition coefficient (Wildman–Crippen LogP) is 1.96. The van der Waals surface area contributed by atoms with E-state index in [2.05, 4.69) is 10.3 Å². The van der Waals surface area contributed by atoms with Gasteiger partial charge in [-0.05, 0) is 32.6 Å². The topological polar surface area (TPSA) is 79.3 Å². The van der Waals surface area contributed by atoms with Gasteiger partial charge in [0.2, 0.25) is 5.91 Å². The third kappa shape index (κ3) is 3.76. The number of aryl methyl sites for hydroxylation is 1. The van der Waals surface area contributed by atoms with E-state index in [1.54, 1.807) is 17.5 Å². The number of amides is 1. The maximum atomic E-state index is 12.0. The number of carboxylic acids is 1. The normalized spacial score (nSPS) is 23.0. The number of aliphatic carboxylic acids is 1. The molecule has 0 atom stereocenters. The van der Waals surface area contributed by atoms with Gasteiger partial charge in [-0.25, -0.2) is 4.98 Å². The van der Waals surface area contributed by atoms with Crippen LogP contribution in [0.25, 0.3) is 0 Å². The standard InChI is InChI=1S/C13H18N2O3S/c1-8-14-6-11(19-8)7-15-12(16)9-2-4-10(5-3-9)13(17)18/h6,9-10H,2-5,7H2,1H3,(H,15,16)(H,17,18). The first-order valence-corrected chi connectivity index (χ1v) is 7.29. The zero-order chi connectivity index (χ0) is 13.8. The number of hydrogen-bond donors (Lipinski definition) is 2. The summed E-state index contributed by atoms with van der Waals surface area (Å²) in [5.41, 5.74) is 0. The molecule has 0 spiro atoms. The van der Waals surface area contributed by atoms with Gasteiger partial charge in [0.15, 0.2) is 0 Å². The molecule has 5 nitrogen and oxygen atoms in total. The molecule has 104 valence electrons. The molecule has 1 fully saturated rings. The zero-order valence-electron chi connectivity index (χ0n) is 10.9. The lowest BCUT2D eigenvalue weighted by molar-refractivity contribution is -0.144. The Balaban J connectivity index is 1.77. The maximum absolute atomic E-state index is 12.0. The average molecular weight is 282 g/mol. The minimum atomic E-state index is -0.737. The van der Waals surface area contributed by atoms with Crippen LogP contribution in [0.15, 0.2) is 6.20 Å². The van der Waals surface area contributed by atoms with Gasteiger partial charge in [0.1, 0.15) is 0 Å². The molecule has 1 saturated carbocycles. The summed E-state index contributed by atoms with van der Waals surface area (Å²) < 4.78 is 0. The molecular weight excluding hydrogens is 264 g/mol. The molecule has 0 aromatic carbocycles. The quantitative estimate of drug-likeness (QED) is 0.884. The molecule has 0 saturated heterocycles. The fourth-order valence-corrected chi connectivity index (χ4v) is 3.14. The van der Waals surface area contributed by atoms with Gasteiger partial charge in [-0.15, -0.1) is 11.3 Å². The van der Waals surface area contributed by atoms with Crippen LogP contribution in [0.5, 0.6) is 0 Å². The van der Waals surface area contributed by atoms with Crippen LogP contribution < -0.4 is 5.32 Å². The first-order valence-electron chi connectivity index (χ1n) is 6.48. The zero-order valence-corrected chi connectivity index (χ0v) is 11.7. The predicted molar refractivity (Wildman–Crippen MR) is 71.8 cm³/mol. The lowest BCUT2D eigenvalue weighted by atomic mass is 9.81. The molecule has 0 bridgehead atoms. The number of carbonyl (C=O) groups excluding carboxylic acids is 1. The Hall–Kier alpha value is -1.43. The van der Waals surface area contributed by atoms with Gasteiger partial charge in [-0.3, -0.25) is 9.59 Å². The Kier molecular flexibility index (Phi) is 4.52. The van der Waals surface area contributed by atoms with E-state index in [9.17, 15) is 9.59 Å². The van der Waals surface area contributed by atoms with Crippen molar-refractivity contribution in [3.8, 4) is 0 Å². The van der Waals surface area contributed by atoms with E-state index in [0.29, 0.717) is 32.2 Å². The summed E-state index contributed by atoms with van der Waals surface area (Å²) in [7, 11) is 0. The van der Waals surface area contributed by atoms with Gasteiger partial charge in [-0.1, -0.05) is 0 Å². The molecular formula is C13H18N2O3S. The lowest BCUT2D eigenvalue weighted by Gasteiger charge is -2.25. The number of carboxylic acid groups (broad SMARTS) is 1. The van der Waals surface area contributed by atoms with Crippen molar-refractivity contribution >= 4 is 23.2 Å². The molecule has 2 N–H and O–H groups in total. The van der Waals surface area contributed by atoms with Crippen LogP contribution in [0.4, 0.5) is 0 Å². The van der Waals surface area contributed by atoms with Crippen molar-refractivity contribution in [2.24, 2.45) is 11.8 Å². The number of nitrogens with one attached hydrogen (secondary N) is 1. The summed E-state index contributed by atoms with van der Waals surface area (Å²) in [6, 6.07) is 0. The first kappa shape index (κ1) is 14.0. The van der Waals surface area contributed by atoms with Crippen molar-refractivity contribution in [1.29, 1.82) is 0 Å². The van der Waals surface area contributed by atoms with Crippen molar-refractivity contribution in [1.82, 2.24) is 10.3 Å². The van der Waals surface area contributed by atoms with Crippen molar-refractivity contribution < 1.29 is 14.7 Å². The Morgan fingerprint density at radius 1 is 1.37 bits per heavy atom. The molecule has 1 aromatic heterocycles. The summed E-state index contributed by atoms with van der Waals surface area (Å²) in [4.78, 5) is 28.0. The number of nitrogens with zero attached hydrogens (tertiary/aromatic N) is 1. The molecule has 19 heavy (non-hydrogen) atoms. The molecule has 1 aliphatic carbocycles. The third-order valence-electron chi connectivity index (χ3n) is 3.55. The summed E-state index contributed by atoms with van der Waals surface area (Å²) in [6.07, 6.45) is 4.33. The smallest absolute Gasteiger partial charge is 0.306 e. The molecule has 1 aliphatic rings. The van der Waals surface area contributed by atoms with Gasteiger partial charge in [-0.2, -0.15) is 0 Å². The van der Waals surface area contributed by atoms with Gasteiger partial charge >= 0.3 is 5.97 Å². The molecule has 6 heteroatoms. The Bertz CT molecular complexity index is 464. The van der Waals surface area contributed by atoms with Crippen molar-refractivity contribution in [2.45, 2.75) is 39.2 Å². The molecule has 0 unspecified atom stereocenters. The Morgan fingerprint density at radius 2 is 2.00 bits per heavy atom. The van der Waals surface area contributed by atoms with E-state index in [-0.39, 0.29) is 17.7 Å². The van der Waals surface area contributed by atoms with Gasteiger partial charge in [0.05, 0.1) is 17.5 Å². The molecule has 1 heterocycles. The van der Waals surface area contributed by atoms with E-state index in [1.807, 2.05) is 6.92 Å². The van der Waals surface area contributed by atoms with Crippen LogP contribution in [-0.4, -0.2) is 22.0 Å². The van der Waals surface area contributed by atoms with Crippen LogP contribution in [-0.2, 0) is 16.1 Å². The van der Waals surface area contributed by atoms with Gasteiger partial charge in [0.25, 0.3) is 0 Å². The highest BCUT2D eigenvalue weighted by Crippen LogP contribution is 2.29. The monoisotopic (exact) mass is 282 g/mol. The van der Waals surface area contributed by atoms with Crippen LogP contribution in [0.1, 0.15) is 35.6 Å². The number of hydrogen-bond acceptors (Lipinski definition) is 4. The van der Waals surface area contributed by atoms with Crippen LogP contribution in [0.3, 0.4) is 0 Å². The SMILES string of the molecule is Cc1ncc(CNC(=O)C2CCC(C(=O)O)CC2)s1. The molecule has 0 aliphatic heterocycles. The second-order valence-corrected chi connectivity index (χ2v) is 6.27. The van der Waals surface area contributed by atoms with Crippen molar-refractivity contribution in [3.05, 3.63) is 16.1 Å². The largest absolute Gasteiger partial charge is 0.481 e. The summed E-state index contributed by atoms with van der Waals surface area (Å²) in [5.74, 6) is -1.01. The van der Waals surface area contributed by atoms with Crippen LogP contribution in [0.2, 0.25) is 0 Å². The first-order chi connectivity index (χ1) is 9.06. The molecule has 1 aromatic rings. The van der Waals surface area contributed by atoms with Crippen molar-refractivity contribution in [3.63, 3.8) is 0 Å².